The molecule has 0 bridgehead atoms. The maximum Gasteiger partial charge on any atom is 0.0589 e. The van der Waals surface area contributed by atoms with Crippen molar-refractivity contribution in [2.24, 2.45) is 5.92 Å². The van der Waals surface area contributed by atoms with Crippen molar-refractivity contribution >= 4 is 0 Å². The van der Waals surface area contributed by atoms with Crippen LogP contribution in [0, 0.1) is 5.92 Å². The van der Waals surface area contributed by atoms with Gasteiger partial charge in [0.1, 0.15) is 0 Å². The molecule has 3 unspecified atom stereocenters. The molecule has 0 aromatic carbocycles. The third-order valence-corrected chi connectivity index (χ3v) is 5.35. The molecule has 0 aromatic rings. The summed E-state index contributed by atoms with van der Waals surface area (Å²) in [4.78, 5) is 2.73. The molecule has 3 nitrogen and oxygen atoms in total. The Morgan fingerprint density at radius 2 is 2.00 bits per heavy atom. The molecule has 1 heterocycles. The third kappa shape index (κ3) is 5.01. The van der Waals surface area contributed by atoms with E-state index in [9.17, 15) is 0 Å². The molecule has 0 radical (unpaired) electrons. The van der Waals surface area contributed by atoms with E-state index in [-0.39, 0.29) is 0 Å². The maximum atomic E-state index is 5.34. The summed E-state index contributed by atoms with van der Waals surface area (Å²) >= 11 is 0. The molecule has 3 atom stereocenters. The second kappa shape index (κ2) is 9.01. The monoisotopic (exact) mass is 282 g/mol. The number of nitrogens with one attached hydrogen (secondary N) is 1. The van der Waals surface area contributed by atoms with Crippen LogP contribution in [-0.4, -0.2) is 50.3 Å². The quantitative estimate of drug-likeness (QED) is 0.726. The summed E-state index contributed by atoms with van der Waals surface area (Å²) < 4.78 is 5.34. The van der Waals surface area contributed by atoms with Crippen LogP contribution in [0.5, 0.6) is 0 Å². The van der Waals surface area contributed by atoms with E-state index in [2.05, 4.69) is 17.1 Å². The normalized spacial score (nSPS) is 31.6. The van der Waals surface area contributed by atoms with Crippen LogP contribution in [-0.2, 0) is 4.74 Å². The Morgan fingerprint density at radius 1 is 1.10 bits per heavy atom. The summed E-state index contributed by atoms with van der Waals surface area (Å²) in [5, 5.41) is 3.66. The van der Waals surface area contributed by atoms with Crippen LogP contribution in [0.25, 0.3) is 0 Å². The van der Waals surface area contributed by atoms with Crippen LogP contribution in [0.15, 0.2) is 0 Å². The fraction of sp³-hybridized carbons (Fsp3) is 1.00. The first-order valence-electron chi connectivity index (χ1n) is 8.79. The molecule has 0 spiro atoms. The van der Waals surface area contributed by atoms with Crippen molar-refractivity contribution in [3.05, 3.63) is 0 Å². The number of hydrogen-bond donors (Lipinski definition) is 1. The van der Waals surface area contributed by atoms with E-state index in [1.165, 1.54) is 64.5 Å². The summed E-state index contributed by atoms with van der Waals surface area (Å²) in [5.41, 5.74) is 0. The van der Waals surface area contributed by atoms with E-state index >= 15 is 0 Å². The predicted molar refractivity (Wildman–Crippen MR) is 85.1 cm³/mol. The molecule has 0 amide bonds. The van der Waals surface area contributed by atoms with Crippen molar-refractivity contribution in [2.75, 3.05) is 33.4 Å². The standard InChI is InChI=1S/C17H34N2O/c1-3-15-6-4-8-17(10-9-15)19(12-13-20-2)14-16-7-5-11-18-16/h15-18H,3-14H2,1-2H3. The smallest absolute Gasteiger partial charge is 0.0589 e. The van der Waals surface area contributed by atoms with Gasteiger partial charge in [-0.3, -0.25) is 4.90 Å². The molecule has 1 aliphatic carbocycles. The summed E-state index contributed by atoms with van der Waals surface area (Å²) in [6, 6.07) is 1.51. The zero-order chi connectivity index (χ0) is 14.2. The molecule has 2 aliphatic rings. The van der Waals surface area contributed by atoms with Gasteiger partial charge in [0.2, 0.25) is 0 Å². The second-order valence-corrected chi connectivity index (χ2v) is 6.72. The van der Waals surface area contributed by atoms with Gasteiger partial charge in [0.25, 0.3) is 0 Å². The van der Waals surface area contributed by atoms with Crippen LogP contribution < -0.4 is 5.32 Å². The maximum absolute atomic E-state index is 5.34. The predicted octanol–water partition coefficient (Wildman–Crippen LogP) is 3.05. The molecule has 3 heteroatoms. The molecule has 2 rings (SSSR count). The lowest BCUT2D eigenvalue weighted by Crippen LogP contribution is -2.44. The molecule has 1 saturated carbocycles. The van der Waals surface area contributed by atoms with Crippen molar-refractivity contribution < 1.29 is 4.74 Å². The second-order valence-electron chi connectivity index (χ2n) is 6.72. The van der Waals surface area contributed by atoms with Gasteiger partial charge in [0.15, 0.2) is 0 Å². The Labute approximate surface area is 125 Å². The Bertz CT molecular complexity index is 253. The lowest BCUT2D eigenvalue weighted by atomic mass is 9.97. The Kier molecular flexibility index (Phi) is 7.32. The summed E-state index contributed by atoms with van der Waals surface area (Å²) in [7, 11) is 1.83. The van der Waals surface area contributed by atoms with E-state index in [1.54, 1.807) is 0 Å². The zero-order valence-corrected chi connectivity index (χ0v) is 13.6. The van der Waals surface area contributed by atoms with E-state index in [1.807, 2.05) is 7.11 Å². The summed E-state index contributed by atoms with van der Waals surface area (Å²) in [5.74, 6) is 0.980. The Balaban J connectivity index is 1.86. The number of ether oxygens (including phenoxy) is 1. The van der Waals surface area contributed by atoms with E-state index in [0.717, 1.165) is 31.2 Å². The minimum Gasteiger partial charge on any atom is -0.383 e. The topological polar surface area (TPSA) is 24.5 Å². The van der Waals surface area contributed by atoms with Gasteiger partial charge in [-0.05, 0) is 44.6 Å². The number of methoxy groups -OCH3 is 1. The van der Waals surface area contributed by atoms with Crippen LogP contribution in [0.1, 0.15) is 58.3 Å². The van der Waals surface area contributed by atoms with Gasteiger partial charge in [-0.1, -0.05) is 26.2 Å². The average molecular weight is 282 g/mol. The Morgan fingerprint density at radius 3 is 2.70 bits per heavy atom. The van der Waals surface area contributed by atoms with Crippen molar-refractivity contribution in [2.45, 2.75) is 70.4 Å². The van der Waals surface area contributed by atoms with Gasteiger partial charge in [0, 0.05) is 32.3 Å². The summed E-state index contributed by atoms with van der Waals surface area (Å²) in [6.45, 7) is 6.78. The zero-order valence-electron chi connectivity index (χ0n) is 13.6. The lowest BCUT2D eigenvalue weighted by Gasteiger charge is -2.33. The minimum absolute atomic E-state index is 0.720. The molecule has 1 N–H and O–H groups in total. The van der Waals surface area contributed by atoms with Gasteiger partial charge in [-0.15, -0.1) is 0 Å². The van der Waals surface area contributed by atoms with Crippen LogP contribution in [0.3, 0.4) is 0 Å². The first-order chi connectivity index (χ1) is 9.83. The van der Waals surface area contributed by atoms with Gasteiger partial charge in [0.05, 0.1) is 6.61 Å². The minimum atomic E-state index is 0.720. The lowest BCUT2D eigenvalue weighted by molar-refractivity contribution is 0.105. The van der Waals surface area contributed by atoms with Gasteiger partial charge < -0.3 is 10.1 Å². The molecule has 2 fully saturated rings. The first-order valence-corrected chi connectivity index (χ1v) is 8.79. The summed E-state index contributed by atoms with van der Waals surface area (Å²) in [6.07, 6.45) is 11.2. The van der Waals surface area contributed by atoms with Crippen LogP contribution in [0.2, 0.25) is 0 Å². The van der Waals surface area contributed by atoms with Crippen molar-refractivity contribution in [3.8, 4) is 0 Å². The molecular weight excluding hydrogens is 248 g/mol. The largest absolute Gasteiger partial charge is 0.383 e. The highest BCUT2D eigenvalue weighted by atomic mass is 16.5. The van der Waals surface area contributed by atoms with Crippen molar-refractivity contribution in [3.63, 3.8) is 0 Å². The highest BCUT2D eigenvalue weighted by Gasteiger charge is 2.26. The Hall–Kier alpha value is -0.120. The molecule has 1 saturated heterocycles. The molecule has 1 aliphatic heterocycles. The van der Waals surface area contributed by atoms with E-state index in [0.29, 0.717) is 0 Å². The molecule has 20 heavy (non-hydrogen) atoms. The van der Waals surface area contributed by atoms with Gasteiger partial charge >= 0.3 is 0 Å². The number of rotatable bonds is 7. The van der Waals surface area contributed by atoms with Gasteiger partial charge in [-0.25, -0.2) is 0 Å². The van der Waals surface area contributed by atoms with Crippen LogP contribution in [0.4, 0.5) is 0 Å². The highest BCUT2D eigenvalue weighted by Crippen LogP contribution is 2.28. The van der Waals surface area contributed by atoms with Crippen molar-refractivity contribution in [1.82, 2.24) is 10.2 Å². The SMILES string of the molecule is CCC1CCCC(N(CCOC)CC2CCCN2)CC1. The average Bonchev–Trinajstić information content (AvgIpc) is 2.86. The molecule has 0 aromatic heterocycles. The highest BCUT2D eigenvalue weighted by molar-refractivity contribution is 4.83. The van der Waals surface area contributed by atoms with Crippen LogP contribution >= 0.6 is 0 Å². The molecular formula is C17H34N2O. The van der Waals surface area contributed by atoms with Crippen molar-refractivity contribution in [1.29, 1.82) is 0 Å². The van der Waals surface area contributed by atoms with Gasteiger partial charge in [-0.2, -0.15) is 0 Å². The number of hydrogen-bond acceptors (Lipinski definition) is 3. The first kappa shape index (κ1) is 16.3. The fourth-order valence-electron chi connectivity index (χ4n) is 3.96. The number of nitrogens with zero attached hydrogens (tertiary/aromatic N) is 1. The third-order valence-electron chi connectivity index (χ3n) is 5.35. The van der Waals surface area contributed by atoms with E-state index in [4.69, 9.17) is 4.74 Å². The molecule has 118 valence electrons. The fourth-order valence-corrected chi connectivity index (χ4v) is 3.96. The van der Waals surface area contributed by atoms with E-state index < -0.39 is 0 Å².